The maximum Gasteiger partial charge on any atom is 0.212 e. The number of fused-ring (bicyclic) bond motifs is 1. The first-order chi connectivity index (χ1) is 16.1. The average molecular weight is 425 g/mol. The van der Waals surface area contributed by atoms with Crippen LogP contribution in [0.1, 0.15) is 18.1 Å². The minimum absolute atomic E-state index is 1.04. The first-order valence-corrected chi connectivity index (χ1v) is 11.2. The van der Waals surface area contributed by atoms with Crippen molar-refractivity contribution in [2.24, 2.45) is 7.05 Å². The number of hydrogen-bond donors (Lipinski definition) is 0. The summed E-state index contributed by atoms with van der Waals surface area (Å²) in [6.07, 6.45) is 2.22. The number of nitrogens with zero attached hydrogens (tertiary/aromatic N) is 1. The van der Waals surface area contributed by atoms with E-state index in [-0.39, 0.29) is 0 Å². The zero-order valence-corrected chi connectivity index (χ0v) is 19.3. The number of pyridine rings is 1. The van der Waals surface area contributed by atoms with Crippen LogP contribution in [0.3, 0.4) is 0 Å². The highest BCUT2D eigenvalue weighted by molar-refractivity contribution is 5.83. The van der Waals surface area contributed by atoms with Crippen LogP contribution in [0.25, 0.3) is 44.3 Å². The quantitative estimate of drug-likeness (QED) is 0.211. The Bertz CT molecular complexity index is 1550. The van der Waals surface area contributed by atoms with Crippen molar-refractivity contribution in [1.29, 1.82) is 0 Å². The summed E-state index contributed by atoms with van der Waals surface area (Å²) in [5, 5.41) is 1.26. The summed E-state index contributed by atoms with van der Waals surface area (Å²) in [5.41, 5.74) is 10.8. The van der Waals surface area contributed by atoms with E-state index in [1.54, 1.807) is 0 Å². The van der Waals surface area contributed by atoms with Gasteiger partial charge in [-0.2, -0.15) is 0 Å². The van der Waals surface area contributed by atoms with Gasteiger partial charge < -0.3 is 0 Å². The average Bonchev–Trinajstić information content (AvgIpc) is 2.84. The number of aromatic nitrogens is 1. The van der Waals surface area contributed by atoms with Gasteiger partial charge in [-0.25, -0.2) is 4.57 Å². The number of benzene rings is 4. The highest BCUT2D eigenvalue weighted by Crippen LogP contribution is 2.30. The fourth-order valence-electron chi connectivity index (χ4n) is 4.43. The second-order valence-electron chi connectivity index (χ2n) is 8.52. The molecule has 0 spiro atoms. The Labute approximate surface area is 196 Å². The fraction of sp³-hybridized carbons (Fsp3) is 0.0938. The summed E-state index contributed by atoms with van der Waals surface area (Å²) in [4.78, 5) is 0. The fourth-order valence-corrected chi connectivity index (χ4v) is 4.43. The lowest BCUT2D eigenvalue weighted by Gasteiger charge is -2.09. The molecular formula is C32H26N+. The van der Waals surface area contributed by atoms with Crippen LogP contribution in [0.2, 0.25) is 0 Å². The van der Waals surface area contributed by atoms with E-state index in [1.807, 2.05) is 6.92 Å². The molecule has 0 N–H and O–H groups in total. The first kappa shape index (κ1) is 20.7. The van der Waals surface area contributed by atoms with Crippen LogP contribution in [0, 0.1) is 18.8 Å². The van der Waals surface area contributed by atoms with Gasteiger partial charge in [0.25, 0.3) is 0 Å². The van der Waals surface area contributed by atoms with Crippen molar-refractivity contribution in [1.82, 2.24) is 0 Å². The van der Waals surface area contributed by atoms with E-state index < -0.39 is 0 Å². The molecule has 0 aliphatic carbocycles. The number of aryl methyl sites for hydroxylation is 2. The molecule has 0 atom stereocenters. The summed E-state index contributed by atoms with van der Waals surface area (Å²) in [6, 6.07) is 34.9. The second kappa shape index (κ2) is 8.77. The van der Waals surface area contributed by atoms with Crippen LogP contribution < -0.4 is 4.57 Å². The van der Waals surface area contributed by atoms with Crippen LogP contribution in [0.5, 0.6) is 0 Å². The van der Waals surface area contributed by atoms with Gasteiger partial charge >= 0.3 is 0 Å². The molecule has 0 bridgehead atoms. The molecule has 1 heteroatoms. The topological polar surface area (TPSA) is 3.88 Å². The summed E-state index contributed by atoms with van der Waals surface area (Å²) in [7, 11) is 2.12. The molecule has 0 aliphatic rings. The molecule has 5 rings (SSSR count). The Morgan fingerprint density at radius 3 is 1.82 bits per heavy atom. The summed E-state index contributed by atoms with van der Waals surface area (Å²) in [5.74, 6) is 6.15. The molecule has 1 heterocycles. The molecule has 0 saturated carbocycles. The molecule has 33 heavy (non-hydrogen) atoms. The van der Waals surface area contributed by atoms with Crippen LogP contribution in [0.4, 0.5) is 0 Å². The van der Waals surface area contributed by atoms with Gasteiger partial charge in [-0.3, -0.25) is 0 Å². The Kier molecular flexibility index (Phi) is 5.51. The lowest BCUT2D eigenvalue weighted by Crippen LogP contribution is -2.28. The van der Waals surface area contributed by atoms with E-state index in [2.05, 4.69) is 134 Å². The van der Waals surface area contributed by atoms with Crippen molar-refractivity contribution in [3.05, 3.63) is 114 Å². The highest BCUT2D eigenvalue weighted by Gasteiger charge is 2.11. The first-order valence-electron chi connectivity index (χ1n) is 11.2. The highest BCUT2D eigenvalue weighted by atomic mass is 14.9. The molecule has 0 amide bonds. The molecule has 0 fully saturated rings. The minimum atomic E-state index is 1.04. The SMILES string of the molecule is CC#Cc1cccc(-c2cccc(-c3cccc(-c4cc5cc(C)ccc5[n+](C)c4)c3)c2)c1. The van der Waals surface area contributed by atoms with Crippen molar-refractivity contribution in [2.75, 3.05) is 0 Å². The lowest BCUT2D eigenvalue weighted by molar-refractivity contribution is -0.644. The third kappa shape index (κ3) is 4.29. The molecule has 1 nitrogen and oxygen atoms in total. The van der Waals surface area contributed by atoms with E-state index in [0.717, 1.165) is 5.56 Å². The Hall–Kier alpha value is -4.15. The van der Waals surface area contributed by atoms with Gasteiger partial charge in [0.15, 0.2) is 6.20 Å². The molecule has 0 aliphatic heterocycles. The predicted octanol–water partition coefficient (Wildman–Crippen LogP) is 7.35. The largest absolute Gasteiger partial charge is 0.212 e. The Morgan fingerprint density at radius 2 is 1.18 bits per heavy atom. The smallest absolute Gasteiger partial charge is 0.200 e. The zero-order valence-electron chi connectivity index (χ0n) is 19.3. The van der Waals surface area contributed by atoms with Crippen molar-refractivity contribution in [3.8, 4) is 45.2 Å². The van der Waals surface area contributed by atoms with E-state index in [9.17, 15) is 0 Å². The Balaban J connectivity index is 1.55. The van der Waals surface area contributed by atoms with Gasteiger partial charge in [0, 0.05) is 22.6 Å². The second-order valence-corrected chi connectivity index (χ2v) is 8.52. The van der Waals surface area contributed by atoms with Crippen LogP contribution in [-0.2, 0) is 7.05 Å². The summed E-state index contributed by atoms with van der Waals surface area (Å²) < 4.78 is 2.21. The predicted molar refractivity (Wildman–Crippen MR) is 139 cm³/mol. The molecule has 158 valence electrons. The van der Waals surface area contributed by atoms with Crippen molar-refractivity contribution in [3.63, 3.8) is 0 Å². The molecular weight excluding hydrogens is 398 g/mol. The standard InChI is InChI=1S/C32H26N/c1-4-8-24-9-5-10-25(18-24)26-11-6-12-27(19-26)28-13-7-14-29(20-28)31-21-30-17-23(2)15-16-32(30)33(3)22-31/h5-7,9-22H,1-3H3/q+1. The third-order valence-electron chi connectivity index (χ3n) is 6.06. The van der Waals surface area contributed by atoms with Gasteiger partial charge in [-0.15, -0.1) is 5.92 Å². The van der Waals surface area contributed by atoms with Crippen LogP contribution >= 0.6 is 0 Å². The molecule has 5 aromatic rings. The molecule has 0 unspecified atom stereocenters. The molecule has 0 radical (unpaired) electrons. The minimum Gasteiger partial charge on any atom is -0.200 e. The summed E-state index contributed by atoms with van der Waals surface area (Å²) in [6.45, 7) is 4.02. The van der Waals surface area contributed by atoms with Crippen LogP contribution in [0.15, 0.2) is 103 Å². The van der Waals surface area contributed by atoms with Crippen molar-refractivity contribution in [2.45, 2.75) is 13.8 Å². The van der Waals surface area contributed by atoms with Gasteiger partial charge in [0.1, 0.15) is 7.05 Å². The number of rotatable bonds is 3. The molecule has 0 saturated heterocycles. The maximum absolute atomic E-state index is 3.16. The van der Waals surface area contributed by atoms with Crippen molar-refractivity contribution < 1.29 is 4.57 Å². The number of hydrogen-bond acceptors (Lipinski definition) is 0. The third-order valence-corrected chi connectivity index (χ3v) is 6.06. The monoisotopic (exact) mass is 424 g/mol. The van der Waals surface area contributed by atoms with Gasteiger partial charge in [-0.05, 0) is 78.1 Å². The zero-order chi connectivity index (χ0) is 22.8. The molecule has 4 aromatic carbocycles. The van der Waals surface area contributed by atoms with Gasteiger partial charge in [0.05, 0.1) is 0 Å². The van der Waals surface area contributed by atoms with Crippen LogP contribution in [-0.4, -0.2) is 0 Å². The van der Waals surface area contributed by atoms with E-state index in [1.165, 1.54) is 49.8 Å². The van der Waals surface area contributed by atoms with Crippen molar-refractivity contribution >= 4 is 10.9 Å². The van der Waals surface area contributed by atoms with E-state index >= 15 is 0 Å². The van der Waals surface area contributed by atoms with E-state index in [0.29, 0.717) is 0 Å². The van der Waals surface area contributed by atoms with Gasteiger partial charge in [0.2, 0.25) is 5.52 Å². The van der Waals surface area contributed by atoms with E-state index in [4.69, 9.17) is 0 Å². The summed E-state index contributed by atoms with van der Waals surface area (Å²) >= 11 is 0. The Morgan fingerprint density at radius 1 is 0.606 bits per heavy atom. The maximum atomic E-state index is 3.16. The molecule has 1 aromatic heterocycles. The van der Waals surface area contributed by atoms with Gasteiger partial charge in [-0.1, -0.05) is 66.1 Å². The normalized spacial score (nSPS) is 10.6. The lowest BCUT2D eigenvalue weighted by atomic mass is 9.95.